The fourth-order valence-corrected chi connectivity index (χ4v) is 6.84. The van der Waals surface area contributed by atoms with Crippen molar-refractivity contribution in [3.8, 4) is 5.75 Å². The van der Waals surface area contributed by atoms with Gasteiger partial charge in [0.15, 0.2) is 11.8 Å². The van der Waals surface area contributed by atoms with Gasteiger partial charge in [0.2, 0.25) is 5.16 Å². The number of hydroxylamine groups is 2. The molecule has 3 aromatic rings. The number of non-ortho nitro benzene ring substituents is 1. The highest BCUT2D eigenvalue weighted by Gasteiger charge is 2.58. The van der Waals surface area contributed by atoms with Crippen molar-refractivity contribution in [3.05, 3.63) is 80.5 Å². The van der Waals surface area contributed by atoms with Crippen molar-refractivity contribution in [3.63, 3.8) is 0 Å². The molecule has 2 aliphatic heterocycles. The molecule has 3 heterocycles. The molecule has 2 aliphatic rings. The van der Waals surface area contributed by atoms with Crippen molar-refractivity contribution >= 4 is 47.0 Å². The first kappa shape index (κ1) is 30.0. The molecule has 1 aromatic heterocycles. The van der Waals surface area contributed by atoms with E-state index in [9.17, 15) is 24.5 Å². The number of tetrazole rings is 1. The number of nitro groups is 1. The molecule has 0 aliphatic carbocycles. The van der Waals surface area contributed by atoms with E-state index in [0.29, 0.717) is 33.5 Å². The number of carbonyl (C=O) groups is 3. The molecule has 43 heavy (non-hydrogen) atoms. The van der Waals surface area contributed by atoms with Crippen LogP contribution >= 0.6 is 23.5 Å². The molecule has 0 saturated carbocycles. The molecule has 0 N–H and O–H groups in total. The predicted octanol–water partition coefficient (Wildman–Crippen LogP) is 2.95. The van der Waals surface area contributed by atoms with Gasteiger partial charge in [0.05, 0.1) is 4.92 Å². The number of carbonyl (C=O) groups excluding carboxylic acids is 3. The van der Waals surface area contributed by atoms with Gasteiger partial charge >= 0.3 is 5.97 Å². The number of fused-ring (bicyclic) bond motifs is 1. The minimum absolute atomic E-state index is 0.0854. The second-order valence-electron chi connectivity index (χ2n) is 9.86. The molecule has 1 saturated heterocycles. The maximum absolute atomic E-state index is 13.7. The lowest BCUT2D eigenvalue weighted by atomic mass is 10.0. The first-order chi connectivity index (χ1) is 20.5. The quantitative estimate of drug-likeness (QED) is 0.107. The zero-order valence-electron chi connectivity index (χ0n) is 23.6. The molecule has 5 rings (SSSR count). The summed E-state index contributed by atoms with van der Waals surface area (Å²) in [6.07, 6.45) is 0. The average molecular weight is 626 g/mol. The summed E-state index contributed by atoms with van der Waals surface area (Å²) in [5.74, 6) is -0.578. The molecule has 0 bridgehead atoms. The first-order valence-corrected chi connectivity index (χ1v) is 15.1. The molecule has 2 amide bonds. The van der Waals surface area contributed by atoms with Crippen molar-refractivity contribution < 1.29 is 28.9 Å². The molecular weight excluding hydrogens is 598 g/mol. The number of hydrogen-bond donors (Lipinski definition) is 0. The summed E-state index contributed by atoms with van der Waals surface area (Å²) in [7, 11) is 1.69. The summed E-state index contributed by atoms with van der Waals surface area (Å²) in [5.41, 5.74) is 3.21. The normalized spacial score (nSPS) is 17.7. The molecule has 1 unspecified atom stereocenters. The lowest BCUT2D eigenvalue weighted by molar-refractivity contribution is -0.384. The van der Waals surface area contributed by atoms with Gasteiger partial charge in [-0.1, -0.05) is 17.8 Å². The largest absolute Gasteiger partial charge is 0.456 e. The van der Waals surface area contributed by atoms with Gasteiger partial charge in [-0.25, -0.2) is 9.48 Å². The van der Waals surface area contributed by atoms with Crippen LogP contribution in [0.15, 0.2) is 58.9 Å². The van der Waals surface area contributed by atoms with Crippen LogP contribution in [-0.2, 0) is 32.8 Å². The lowest BCUT2D eigenvalue weighted by Crippen LogP contribution is -2.71. The van der Waals surface area contributed by atoms with Crippen molar-refractivity contribution in [2.75, 3.05) is 11.5 Å². The summed E-state index contributed by atoms with van der Waals surface area (Å²) in [5, 5.41) is 23.4. The van der Waals surface area contributed by atoms with Crippen LogP contribution in [-0.4, -0.2) is 75.8 Å². The Morgan fingerprint density at radius 1 is 1.19 bits per heavy atom. The van der Waals surface area contributed by atoms with Crippen molar-refractivity contribution in [1.82, 2.24) is 30.2 Å². The van der Waals surface area contributed by atoms with Gasteiger partial charge in [0, 0.05) is 37.6 Å². The molecule has 224 valence electrons. The van der Waals surface area contributed by atoms with Gasteiger partial charge in [-0.05, 0) is 70.8 Å². The summed E-state index contributed by atoms with van der Waals surface area (Å²) in [6, 6.07) is 10.1. The van der Waals surface area contributed by atoms with E-state index in [1.54, 1.807) is 19.2 Å². The number of thioether (sulfide) groups is 2. The van der Waals surface area contributed by atoms with Crippen LogP contribution < -0.4 is 4.84 Å². The number of aryl methyl sites for hydroxylation is 3. The van der Waals surface area contributed by atoms with Gasteiger partial charge < -0.3 is 9.57 Å². The van der Waals surface area contributed by atoms with Crippen LogP contribution in [0.25, 0.3) is 0 Å². The van der Waals surface area contributed by atoms with Gasteiger partial charge in [0.1, 0.15) is 17.7 Å². The standard InChI is InChI=1S/C27H27N7O7S2/c1-15-5-10-21(11-16(15)2)41-33(17(3)35)23-24(36)32-22(26(37)40-12-18-6-8-20(9-7-18)34(38)39)19(13-42-25(23)32)14-43-27-28-29-30-31(27)4/h5-11,23,25H,12-14H2,1-4H3/t23?,25-/m1/s1. The number of β-lactam (4-membered cyclic amide) rings is 1. The van der Waals surface area contributed by atoms with Crippen LogP contribution in [0.1, 0.15) is 23.6 Å². The molecule has 2 atom stereocenters. The topological polar surface area (TPSA) is 163 Å². The summed E-state index contributed by atoms with van der Waals surface area (Å²) in [6.45, 7) is 5.03. The zero-order chi connectivity index (χ0) is 30.8. The van der Waals surface area contributed by atoms with Crippen molar-refractivity contribution in [1.29, 1.82) is 0 Å². The zero-order valence-corrected chi connectivity index (χ0v) is 25.3. The van der Waals surface area contributed by atoms with E-state index in [4.69, 9.17) is 9.57 Å². The van der Waals surface area contributed by atoms with Crippen molar-refractivity contribution in [2.45, 2.75) is 44.0 Å². The first-order valence-electron chi connectivity index (χ1n) is 13.0. The van der Waals surface area contributed by atoms with E-state index < -0.39 is 34.1 Å². The van der Waals surface area contributed by atoms with Gasteiger partial charge in [-0.2, -0.15) is 5.06 Å². The number of nitro benzene ring substituents is 1. The highest BCUT2D eigenvalue weighted by atomic mass is 32.2. The SMILES string of the molecule is CC(=O)N(Oc1ccc(C)c(C)c1)C1C(=O)N2C(C(=O)OCc3ccc([N+](=O)[O-])cc3)=C(CSc3nnnn3C)CS[C@H]12. The Bertz CT molecular complexity index is 1630. The van der Waals surface area contributed by atoms with E-state index in [0.717, 1.165) is 16.2 Å². The summed E-state index contributed by atoms with van der Waals surface area (Å²) in [4.78, 5) is 57.6. The Morgan fingerprint density at radius 2 is 1.93 bits per heavy atom. The third kappa shape index (κ3) is 6.19. The van der Waals surface area contributed by atoms with Crippen LogP contribution in [0.5, 0.6) is 5.75 Å². The molecule has 16 heteroatoms. The highest BCUT2D eigenvalue weighted by molar-refractivity contribution is 8.01. The molecular formula is C27H27N7O7S2. The maximum atomic E-state index is 13.7. The van der Waals surface area contributed by atoms with Gasteiger partial charge in [0.25, 0.3) is 17.5 Å². The minimum Gasteiger partial charge on any atom is -0.456 e. The number of hydrogen-bond acceptors (Lipinski definition) is 12. The van der Waals surface area contributed by atoms with Gasteiger partial charge in [-0.3, -0.25) is 24.6 Å². The monoisotopic (exact) mass is 625 g/mol. The number of benzene rings is 2. The number of nitrogens with zero attached hydrogens (tertiary/aromatic N) is 7. The second-order valence-corrected chi connectivity index (χ2v) is 11.9. The fourth-order valence-electron chi connectivity index (χ4n) is 4.47. The Balaban J connectivity index is 1.39. The average Bonchev–Trinajstić information content (AvgIpc) is 3.40. The minimum atomic E-state index is -0.960. The molecule has 1 fully saturated rings. The third-order valence-corrected chi connectivity index (χ3v) is 9.35. The maximum Gasteiger partial charge on any atom is 0.355 e. The predicted molar refractivity (Wildman–Crippen MR) is 155 cm³/mol. The van der Waals surface area contributed by atoms with E-state index >= 15 is 0 Å². The molecule has 2 aromatic carbocycles. The Morgan fingerprint density at radius 3 is 2.56 bits per heavy atom. The van der Waals surface area contributed by atoms with Crippen LogP contribution in [0.2, 0.25) is 0 Å². The Labute approximate surface area is 254 Å². The van der Waals surface area contributed by atoms with E-state index in [-0.39, 0.29) is 18.0 Å². The Kier molecular flexibility index (Phi) is 8.68. The summed E-state index contributed by atoms with van der Waals surface area (Å²) < 4.78 is 7.08. The second kappa shape index (κ2) is 12.4. The van der Waals surface area contributed by atoms with Crippen LogP contribution in [0.4, 0.5) is 5.69 Å². The number of rotatable bonds is 10. The number of esters is 1. The molecule has 14 nitrogen and oxygen atoms in total. The summed E-state index contributed by atoms with van der Waals surface area (Å²) >= 11 is 2.71. The number of amides is 2. The van der Waals surface area contributed by atoms with Crippen LogP contribution in [0.3, 0.4) is 0 Å². The van der Waals surface area contributed by atoms with E-state index in [1.807, 2.05) is 19.9 Å². The highest BCUT2D eigenvalue weighted by Crippen LogP contribution is 2.44. The Hall–Kier alpha value is -4.44. The smallest absolute Gasteiger partial charge is 0.355 e. The van der Waals surface area contributed by atoms with E-state index in [1.165, 1.54) is 64.3 Å². The van der Waals surface area contributed by atoms with Gasteiger partial charge in [-0.15, -0.1) is 16.9 Å². The van der Waals surface area contributed by atoms with Crippen LogP contribution in [0, 0.1) is 24.0 Å². The molecule has 0 spiro atoms. The lowest BCUT2D eigenvalue weighted by Gasteiger charge is -2.51. The number of ether oxygens (including phenoxy) is 1. The fraction of sp³-hybridized carbons (Fsp3) is 0.333. The van der Waals surface area contributed by atoms with Crippen molar-refractivity contribution in [2.24, 2.45) is 7.05 Å². The third-order valence-electron chi connectivity index (χ3n) is 6.93. The number of aromatic nitrogens is 4. The van der Waals surface area contributed by atoms with E-state index in [2.05, 4.69) is 15.5 Å². The molecule has 0 radical (unpaired) electrons.